The van der Waals surface area contributed by atoms with E-state index in [1.165, 1.54) is 5.57 Å². The molecule has 0 bridgehead atoms. The first-order valence-electron chi connectivity index (χ1n) is 7.97. The Labute approximate surface area is 139 Å². The molecule has 3 heterocycles. The fourth-order valence-electron chi connectivity index (χ4n) is 3.56. The molecule has 122 valence electrons. The first-order chi connectivity index (χ1) is 11.8. The minimum atomic E-state index is 0.280. The fourth-order valence-corrected chi connectivity index (χ4v) is 3.56. The Morgan fingerprint density at radius 1 is 1.29 bits per heavy atom. The van der Waals surface area contributed by atoms with E-state index in [-0.39, 0.29) is 5.92 Å². The third-order valence-corrected chi connectivity index (χ3v) is 4.66. The van der Waals surface area contributed by atoms with Gasteiger partial charge in [0, 0.05) is 29.3 Å². The summed E-state index contributed by atoms with van der Waals surface area (Å²) in [4.78, 5) is 0. The molecular formula is C18H17N3O3. The van der Waals surface area contributed by atoms with Crippen LogP contribution in [0.3, 0.4) is 0 Å². The molecular weight excluding hydrogens is 306 g/mol. The first-order valence-corrected chi connectivity index (χ1v) is 7.97. The third-order valence-electron chi connectivity index (χ3n) is 4.66. The molecule has 24 heavy (non-hydrogen) atoms. The molecule has 3 aliphatic heterocycles. The first kappa shape index (κ1) is 13.4. The normalized spacial score (nSPS) is 23.1. The predicted octanol–water partition coefficient (Wildman–Crippen LogP) is 2.49. The number of methoxy groups -OCH3 is 1. The van der Waals surface area contributed by atoms with Crippen molar-refractivity contribution in [1.82, 2.24) is 10.9 Å². The van der Waals surface area contributed by atoms with Gasteiger partial charge in [0.15, 0.2) is 0 Å². The van der Waals surface area contributed by atoms with Gasteiger partial charge in [-0.2, -0.15) is 0 Å². The molecule has 1 aromatic carbocycles. The second-order valence-corrected chi connectivity index (χ2v) is 6.02. The molecule has 1 atom stereocenters. The van der Waals surface area contributed by atoms with Crippen molar-refractivity contribution in [3.63, 3.8) is 0 Å². The summed E-state index contributed by atoms with van der Waals surface area (Å²) in [5.74, 6) is 3.89. The zero-order valence-electron chi connectivity index (χ0n) is 13.2. The Balaban J connectivity index is 1.53. The summed E-state index contributed by atoms with van der Waals surface area (Å²) in [6, 6.07) is 7.85. The van der Waals surface area contributed by atoms with Crippen LogP contribution in [0, 0.1) is 5.92 Å². The zero-order chi connectivity index (χ0) is 16.1. The largest absolute Gasteiger partial charge is 0.497 e. The molecule has 1 fully saturated rings. The van der Waals surface area contributed by atoms with Gasteiger partial charge in [-0.15, -0.1) is 0 Å². The second kappa shape index (κ2) is 4.99. The van der Waals surface area contributed by atoms with Gasteiger partial charge in [-0.1, -0.05) is 6.07 Å². The van der Waals surface area contributed by atoms with Crippen molar-refractivity contribution in [2.24, 2.45) is 5.92 Å². The van der Waals surface area contributed by atoms with Crippen molar-refractivity contribution < 1.29 is 14.2 Å². The SMILES string of the molecule is COc1cccc(NC2=C3C(=COC4=C3C3CCOC3=C4)NN2)c1. The molecule has 0 saturated carbocycles. The number of hydrogen-bond donors (Lipinski definition) is 3. The monoisotopic (exact) mass is 323 g/mol. The van der Waals surface area contributed by atoms with Crippen LogP contribution in [0.15, 0.2) is 70.8 Å². The number of anilines is 1. The molecule has 1 aromatic rings. The standard InChI is InChI=1S/C18H17N3O3/c1-22-11-4-2-3-10(7-11)19-18-17-13(20-21-18)9-24-15-8-14-12(16(15)17)5-6-23-14/h2-4,7-9,12,19-21H,5-6H2,1H3. The van der Waals surface area contributed by atoms with Crippen molar-refractivity contribution in [2.45, 2.75) is 6.42 Å². The molecule has 0 radical (unpaired) electrons. The van der Waals surface area contributed by atoms with E-state index in [0.29, 0.717) is 0 Å². The van der Waals surface area contributed by atoms with Crippen LogP contribution >= 0.6 is 0 Å². The maximum Gasteiger partial charge on any atom is 0.134 e. The van der Waals surface area contributed by atoms with Crippen LogP contribution in [0.25, 0.3) is 0 Å². The molecule has 0 amide bonds. The van der Waals surface area contributed by atoms with Crippen molar-refractivity contribution in [1.29, 1.82) is 0 Å². The number of nitrogens with one attached hydrogen (secondary N) is 3. The van der Waals surface area contributed by atoms with Crippen molar-refractivity contribution in [2.75, 3.05) is 19.0 Å². The van der Waals surface area contributed by atoms with Crippen LogP contribution in [0.2, 0.25) is 0 Å². The molecule has 5 rings (SSSR count). The smallest absolute Gasteiger partial charge is 0.134 e. The topological polar surface area (TPSA) is 63.8 Å². The second-order valence-electron chi connectivity index (χ2n) is 6.02. The minimum Gasteiger partial charge on any atom is -0.497 e. The summed E-state index contributed by atoms with van der Waals surface area (Å²) in [7, 11) is 1.67. The highest BCUT2D eigenvalue weighted by atomic mass is 16.5. The van der Waals surface area contributed by atoms with Gasteiger partial charge in [-0.25, -0.2) is 0 Å². The van der Waals surface area contributed by atoms with Gasteiger partial charge in [-0.05, 0) is 18.6 Å². The molecule has 1 aliphatic carbocycles. The van der Waals surface area contributed by atoms with E-state index in [1.807, 2.05) is 30.3 Å². The number of benzene rings is 1. The van der Waals surface area contributed by atoms with Crippen LogP contribution in [-0.4, -0.2) is 13.7 Å². The summed E-state index contributed by atoms with van der Waals surface area (Å²) in [6.07, 6.45) is 4.73. The van der Waals surface area contributed by atoms with Crippen LogP contribution < -0.4 is 20.9 Å². The van der Waals surface area contributed by atoms with Gasteiger partial charge >= 0.3 is 0 Å². The van der Waals surface area contributed by atoms with Gasteiger partial charge in [0.2, 0.25) is 0 Å². The molecule has 6 nitrogen and oxygen atoms in total. The van der Waals surface area contributed by atoms with E-state index in [0.717, 1.165) is 53.1 Å². The van der Waals surface area contributed by atoms with E-state index in [9.17, 15) is 0 Å². The molecule has 0 aromatic heterocycles. The van der Waals surface area contributed by atoms with E-state index in [1.54, 1.807) is 13.4 Å². The lowest BCUT2D eigenvalue weighted by Crippen LogP contribution is -2.26. The number of allylic oxidation sites excluding steroid dienone is 3. The molecule has 6 heteroatoms. The zero-order valence-corrected chi connectivity index (χ0v) is 13.2. The maximum absolute atomic E-state index is 5.76. The highest BCUT2D eigenvalue weighted by Gasteiger charge is 2.41. The van der Waals surface area contributed by atoms with Crippen LogP contribution in [-0.2, 0) is 9.47 Å². The van der Waals surface area contributed by atoms with Gasteiger partial charge < -0.3 is 19.5 Å². The number of hydrazine groups is 1. The minimum absolute atomic E-state index is 0.280. The number of fused-ring (bicyclic) bond motifs is 4. The number of hydrogen-bond acceptors (Lipinski definition) is 6. The summed E-state index contributed by atoms with van der Waals surface area (Å²) >= 11 is 0. The van der Waals surface area contributed by atoms with Gasteiger partial charge in [0.05, 0.1) is 19.3 Å². The van der Waals surface area contributed by atoms with Crippen molar-refractivity contribution in [3.05, 3.63) is 70.8 Å². The van der Waals surface area contributed by atoms with E-state index < -0.39 is 0 Å². The quantitative estimate of drug-likeness (QED) is 0.794. The molecule has 3 N–H and O–H groups in total. The van der Waals surface area contributed by atoms with E-state index in [2.05, 4.69) is 16.2 Å². The van der Waals surface area contributed by atoms with Gasteiger partial charge in [0.25, 0.3) is 0 Å². The average molecular weight is 323 g/mol. The highest BCUT2D eigenvalue weighted by molar-refractivity contribution is 5.64. The van der Waals surface area contributed by atoms with Crippen molar-refractivity contribution >= 4 is 5.69 Å². The Morgan fingerprint density at radius 2 is 2.25 bits per heavy atom. The van der Waals surface area contributed by atoms with Crippen LogP contribution in [0.5, 0.6) is 5.75 Å². The molecule has 4 aliphatic rings. The Bertz CT molecular complexity index is 851. The highest BCUT2D eigenvalue weighted by Crippen LogP contribution is 2.47. The Kier molecular flexibility index (Phi) is 2.79. The lowest BCUT2D eigenvalue weighted by Gasteiger charge is -2.19. The summed E-state index contributed by atoms with van der Waals surface area (Å²) in [5.41, 5.74) is 10.6. The average Bonchev–Trinajstić information content (AvgIpc) is 3.29. The lowest BCUT2D eigenvalue weighted by molar-refractivity contribution is 0.260. The summed E-state index contributed by atoms with van der Waals surface area (Å²) < 4.78 is 16.8. The lowest BCUT2D eigenvalue weighted by atomic mass is 9.90. The molecule has 1 saturated heterocycles. The number of rotatable bonds is 3. The van der Waals surface area contributed by atoms with E-state index in [4.69, 9.17) is 14.2 Å². The van der Waals surface area contributed by atoms with Crippen LogP contribution in [0.4, 0.5) is 5.69 Å². The molecule has 1 unspecified atom stereocenters. The van der Waals surface area contributed by atoms with Gasteiger partial charge in [-0.3, -0.25) is 10.9 Å². The number of ether oxygens (including phenoxy) is 3. The third kappa shape index (κ3) is 1.89. The van der Waals surface area contributed by atoms with Gasteiger partial charge in [0.1, 0.15) is 35.0 Å². The Morgan fingerprint density at radius 3 is 3.17 bits per heavy atom. The van der Waals surface area contributed by atoms with Crippen molar-refractivity contribution in [3.8, 4) is 5.75 Å². The van der Waals surface area contributed by atoms with E-state index >= 15 is 0 Å². The summed E-state index contributed by atoms with van der Waals surface area (Å²) in [5, 5.41) is 3.44. The predicted molar refractivity (Wildman–Crippen MR) is 88.3 cm³/mol. The summed E-state index contributed by atoms with van der Waals surface area (Å²) in [6.45, 7) is 0.763. The maximum atomic E-state index is 5.76. The fraction of sp³-hybridized carbons (Fsp3) is 0.222. The Hall–Kier alpha value is -3.02. The van der Waals surface area contributed by atoms with Crippen LogP contribution in [0.1, 0.15) is 6.42 Å². The molecule has 0 spiro atoms.